The number of hydrogen-bond acceptors (Lipinski definition) is 3. The molecule has 5 heteroatoms. The third kappa shape index (κ3) is 10.2. The van der Waals surface area contributed by atoms with E-state index >= 15 is 0 Å². The van der Waals surface area contributed by atoms with E-state index in [1.54, 1.807) is 0 Å². The topological polar surface area (TPSA) is 50.9 Å². The number of aromatic hydroxyl groups is 1. The number of phenols is 1. The maximum Gasteiger partial charge on any atom is 0.148 e. The van der Waals surface area contributed by atoms with Gasteiger partial charge in [-0.15, -0.1) is 29.3 Å². The second-order valence-electron chi connectivity index (χ2n) is 22.0. The Hall–Kier alpha value is -6.35. The molecule has 0 saturated carbocycles. The van der Waals surface area contributed by atoms with Gasteiger partial charge in [0.05, 0.1) is 16.6 Å². The van der Waals surface area contributed by atoms with Crippen molar-refractivity contribution in [3.8, 4) is 78.6 Å². The number of phenolic OH excluding ortho intramolecular Hbond substituents is 1. The summed E-state index contributed by atoms with van der Waals surface area (Å²) < 4.78 is 2.27. The van der Waals surface area contributed by atoms with Gasteiger partial charge in [0.1, 0.15) is 11.6 Å². The standard InChI is InChI=1S/C64H64N3O.Pt/c1-41(2)33-47-37-52(29-30-53(47)45-21-16-13-17-22-45)67-58-24-18-23-54(59(58)66-61(67)55-39-51(63(6,7)8)40-56(60(55)68)64(9,10)11)48-34-49(36-50(35-48)62(3,4)5)57-38-46(31-32-65-57)44-27-25-43(26-28-44)42-19-14-12-15-20-42;/h12-32,35-41,68H,33H2,1-11H3;/q-1;. The smallest absolute Gasteiger partial charge is 0.148 e. The van der Waals surface area contributed by atoms with Gasteiger partial charge in [-0.05, 0) is 103 Å². The molecule has 0 fully saturated rings. The van der Waals surface area contributed by atoms with E-state index in [9.17, 15) is 5.11 Å². The van der Waals surface area contributed by atoms with Crippen LogP contribution >= 0.6 is 0 Å². The van der Waals surface area contributed by atoms with Crippen LogP contribution in [0.3, 0.4) is 0 Å². The van der Waals surface area contributed by atoms with Gasteiger partial charge in [-0.25, -0.2) is 4.98 Å². The Morgan fingerprint density at radius 3 is 1.75 bits per heavy atom. The Morgan fingerprint density at radius 2 is 1.13 bits per heavy atom. The summed E-state index contributed by atoms with van der Waals surface area (Å²) in [4.78, 5) is 10.6. The summed E-state index contributed by atoms with van der Waals surface area (Å²) in [5.41, 5.74) is 18.1. The fraction of sp³-hybridized carbons (Fsp3) is 0.250. The Morgan fingerprint density at radius 1 is 0.536 bits per heavy atom. The zero-order chi connectivity index (χ0) is 48.1. The van der Waals surface area contributed by atoms with Crippen molar-refractivity contribution in [1.29, 1.82) is 0 Å². The third-order valence-electron chi connectivity index (χ3n) is 13.2. The molecule has 0 amide bonds. The third-order valence-corrected chi connectivity index (χ3v) is 13.2. The molecule has 69 heavy (non-hydrogen) atoms. The fourth-order valence-corrected chi connectivity index (χ4v) is 9.32. The molecule has 0 atom stereocenters. The van der Waals surface area contributed by atoms with Gasteiger partial charge in [-0.2, -0.15) is 0 Å². The second kappa shape index (κ2) is 19.2. The van der Waals surface area contributed by atoms with Gasteiger partial charge in [0, 0.05) is 44.2 Å². The number of hydrogen-bond donors (Lipinski definition) is 1. The number of aromatic nitrogens is 3. The van der Waals surface area contributed by atoms with Gasteiger partial charge in [0.2, 0.25) is 0 Å². The first-order chi connectivity index (χ1) is 32.3. The molecule has 2 aromatic heterocycles. The summed E-state index contributed by atoms with van der Waals surface area (Å²) in [6, 6.07) is 60.2. The summed E-state index contributed by atoms with van der Waals surface area (Å²) in [5, 5.41) is 12.5. The predicted molar refractivity (Wildman–Crippen MR) is 287 cm³/mol. The molecule has 0 bridgehead atoms. The Balaban J connectivity index is 0.00000642. The second-order valence-corrected chi connectivity index (χ2v) is 22.0. The number of para-hydroxylation sites is 1. The molecular weight excluding hydrogens is 1020 g/mol. The van der Waals surface area contributed by atoms with Crippen LogP contribution in [0.15, 0.2) is 164 Å². The van der Waals surface area contributed by atoms with Crippen molar-refractivity contribution >= 4 is 11.0 Å². The molecule has 0 unspecified atom stereocenters. The normalized spacial score (nSPS) is 12.1. The molecule has 0 saturated heterocycles. The van der Waals surface area contributed by atoms with E-state index in [0.29, 0.717) is 17.3 Å². The van der Waals surface area contributed by atoms with Crippen LogP contribution in [0.1, 0.15) is 98.4 Å². The van der Waals surface area contributed by atoms with E-state index in [0.717, 1.165) is 67.8 Å². The molecule has 0 radical (unpaired) electrons. The maximum atomic E-state index is 12.5. The predicted octanol–water partition coefficient (Wildman–Crippen LogP) is 17.0. The van der Waals surface area contributed by atoms with E-state index in [1.165, 1.54) is 33.4 Å². The van der Waals surface area contributed by atoms with E-state index in [2.05, 4.69) is 238 Å². The van der Waals surface area contributed by atoms with Crippen molar-refractivity contribution < 1.29 is 26.2 Å². The van der Waals surface area contributed by atoms with Crippen LogP contribution in [0.25, 0.3) is 83.9 Å². The van der Waals surface area contributed by atoms with Crippen LogP contribution in [0.2, 0.25) is 0 Å². The number of imidazole rings is 1. The largest absolute Gasteiger partial charge is 0.507 e. The summed E-state index contributed by atoms with van der Waals surface area (Å²) in [6.45, 7) is 24.5. The van der Waals surface area contributed by atoms with E-state index in [-0.39, 0.29) is 43.1 Å². The molecule has 1 N–H and O–H groups in total. The van der Waals surface area contributed by atoms with Gasteiger partial charge in [-0.3, -0.25) is 9.55 Å². The molecular formula is C64H64N3OPt-. The Bertz CT molecular complexity index is 3270. The number of nitrogens with zero attached hydrogens (tertiary/aromatic N) is 3. The molecule has 0 aliphatic heterocycles. The van der Waals surface area contributed by atoms with Crippen LogP contribution in [0.4, 0.5) is 0 Å². The summed E-state index contributed by atoms with van der Waals surface area (Å²) in [7, 11) is 0. The van der Waals surface area contributed by atoms with E-state index < -0.39 is 0 Å². The fourth-order valence-electron chi connectivity index (χ4n) is 9.32. The molecule has 9 rings (SSSR count). The van der Waals surface area contributed by atoms with Crippen molar-refractivity contribution in [3.05, 3.63) is 192 Å². The molecule has 2 heterocycles. The Labute approximate surface area is 424 Å². The number of fused-ring (bicyclic) bond motifs is 1. The van der Waals surface area contributed by atoms with Crippen molar-refractivity contribution in [2.45, 2.75) is 98.8 Å². The summed E-state index contributed by atoms with van der Waals surface area (Å²) in [6.07, 6.45) is 2.82. The average Bonchev–Trinajstić information content (AvgIpc) is 3.70. The van der Waals surface area contributed by atoms with Crippen LogP contribution in [0.5, 0.6) is 5.75 Å². The monoisotopic (exact) mass is 1090 g/mol. The van der Waals surface area contributed by atoms with Crippen LogP contribution in [-0.4, -0.2) is 19.6 Å². The van der Waals surface area contributed by atoms with Crippen LogP contribution in [-0.2, 0) is 43.7 Å². The number of benzene rings is 7. The molecule has 4 nitrogen and oxygen atoms in total. The minimum absolute atomic E-state index is 0. The van der Waals surface area contributed by atoms with Crippen molar-refractivity contribution in [1.82, 2.24) is 14.5 Å². The molecule has 0 spiro atoms. The average molecular weight is 1090 g/mol. The molecule has 0 aliphatic rings. The quantitative estimate of drug-likeness (QED) is 0.147. The van der Waals surface area contributed by atoms with E-state index in [4.69, 9.17) is 9.97 Å². The maximum absolute atomic E-state index is 12.5. The Kier molecular flexibility index (Phi) is 13.7. The summed E-state index contributed by atoms with van der Waals surface area (Å²) >= 11 is 0. The van der Waals surface area contributed by atoms with Gasteiger partial charge in [-0.1, -0.05) is 203 Å². The van der Waals surface area contributed by atoms with Crippen molar-refractivity contribution in [2.24, 2.45) is 5.92 Å². The van der Waals surface area contributed by atoms with Gasteiger partial charge in [0.15, 0.2) is 0 Å². The SMILES string of the molecule is CC(C)Cc1cc(-n2c(-c3cc(C(C)(C)C)cc(C(C)(C)C)c3O)nc3c(-c4[c-]c(-c5cc(-c6ccc(-c7ccccc7)cc6)ccn5)cc(C(C)(C)C)c4)cccc32)ccc1-c1ccccc1.[Pt]. The first-order valence-corrected chi connectivity index (χ1v) is 24.1. The minimum atomic E-state index is -0.320. The van der Waals surface area contributed by atoms with Crippen molar-refractivity contribution in [2.75, 3.05) is 0 Å². The summed E-state index contributed by atoms with van der Waals surface area (Å²) in [5.74, 6) is 1.40. The molecule has 0 aliphatic carbocycles. The van der Waals surface area contributed by atoms with Crippen LogP contribution in [0, 0.1) is 12.0 Å². The zero-order valence-corrected chi connectivity index (χ0v) is 44.3. The van der Waals surface area contributed by atoms with Gasteiger partial charge >= 0.3 is 0 Å². The first-order valence-electron chi connectivity index (χ1n) is 24.1. The number of pyridine rings is 1. The minimum Gasteiger partial charge on any atom is -0.507 e. The first kappa shape index (κ1) is 49.1. The van der Waals surface area contributed by atoms with Gasteiger partial charge < -0.3 is 5.11 Å². The van der Waals surface area contributed by atoms with Crippen molar-refractivity contribution in [3.63, 3.8) is 0 Å². The van der Waals surface area contributed by atoms with Gasteiger partial charge in [0.25, 0.3) is 0 Å². The zero-order valence-electron chi connectivity index (χ0n) is 42.0. The number of rotatable bonds is 9. The molecule has 7 aromatic carbocycles. The molecule has 9 aromatic rings. The van der Waals surface area contributed by atoms with Crippen LogP contribution < -0.4 is 0 Å². The molecule has 352 valence electrons. The van der Waals surface area contributed by atoms with E-state index in [1.807, 2.05) is 12.3 Å².